The lowest BCUT2D eigenvalue weighted by Crippen LogP contribution is -1.94. The third-order valence-corrected chi connectivity index (χ3v) is 9.60. The van der Waals surface area contributed by atoms with Gasteiger partial charge >= 0.3 is 0 Å². The summed E-state index contributed by atoms with van der Waals surface area (Å²) >= 11 is 6.14. The van der Waals surface area contributed by atoms with Crippen LogP contribution in [-0.4, -0.2) is 7.11 Å². The molecule has 3 atom stereocenters. The summed E-state index contributed by atoms with van der Waals surface area (Å²) in [6.45, 7) is 6.51. The van der Waals surface area contributed by atoms with E-state index in [9.17, 15) is 0 Å². The Morgan fingerprint density at radius 3 is 1.81 bits per heavy atom. The Morgan fingerprint density at radius 1 is 0.674 bits per heavy atom. The molecule has 3 nitrogen and oxygen atoms in total. The molecule has 0 saturated heterocycles. The van der Waals surface area contributed by atoms with Gasteiger partial charge in [0.25, 0.3) is 0 Å². The lowest BCUT2D eigenvalue weighted by Gasteiger charge is -2.21. The topological polar surface area (TPSA) is 27.7 Å². The Balaban J connectivity index is 1.42. The Kier molecular flexibility index (Phi) is 8.96. The van der Waals surface area contributed by atoms with E-state index in [0.29, 0.717) is 0 Å². The fraction of sp³-hybridized carbons (Fsp3) is 0.0811. The summed E-state index contributed by atoms with van der Waals surface area (Å²) < 4.78 is 18.6. The van der Waals surface area contributed by atoms with E-state index in [2.05, 4.69) is 98.4 Å². The van der Waals surface area contributed by atoms with Crippen LogP contribution >= 0.6 is 29.2 Å². The molecule has 6 heteroatoms. The molecule has 0 heterocycles. The molecule has 214 valence electrons. The molecule has 0 fully saturated rings. The summed E-state index contributed by atoms with van der Waals surface area (Å²) in [5.74, 6) is 2.44. The average Bonchev–Trinajstić information content (AvgIpc) is 3.06. The maximum atomic E-state index is 6.68. The first-order valence-electron chi connectivity index (χ1n) is 14.0. The highest BCUT2D eigenvalue weighted by molar-refractivity contribution is 7.45. The summed E-state index contributed by atoms with van der Waals surface area (Å²) in [6.07, 6.45) is 0. The van der Waals surface area contributed by atoms with Gasteiger partial charge in [-0.05, 0) is 69.1 Å². The molecular weight excluding hydrogens is 590 g/mol. The van der Waals surface area contributed by atoms with Gasteiger partial charge in [0.1, 0.15) is 26.1 Å². The fourth-order valence-corrected chi connectivity index (χ4v) is 6.74. The number of hydrogen-bond donors (Lipinski definition) is 0. The first-order valence-corrected chi connectivity index (χ1v) is 16.3. The predicted octanol–water partition coefficient (Wildman–Crippen LogP) is 11.7. The summed E-state index contributed by atoms with van der Waals surface area (Å²) in [5, 5.41) is 6.14. The number of rotatable bonds is 10. The van der Waals surface area contributed by atoms with E-state index in [4.69, 9.17) is 25.4 Å². The van der Waals surface area contributed by atoms with E-state index >= 15 is 0 Å². The monoisotopic (exact) mass is 620 g/mol. The van der Waals surface area contributed by atoms with E-state index in [1.807, 2.05) is 36.4 Å². The van der Waals surface area contributed by atoms with Crippen molar-refractivity contribution in [1.82, 2.24) is 0 Å². The predicted molar refractivity (Wildman–Crippen MR) is 187 cm³/mol. The Morgan fingerprint density at radius 2 is 1.23 bits per heavy atom. The molecule has 6 rings (SSSR count). The van der Waals surface area contributed by atoms with E-state index < -0.39 is 0 Å². The first-order chi connectivity index (χ1) is 21.0. The third kappa shape index (κ3) is 6.41. The van der Waals surface area contributed by atoms with Crippen LogP contribution in [0.3, 0.4) is 0 Å². The van der Waals surface area contributed by atoms with Crippen LogP contribution in [0.4, 0.5) is 0 Å². The SMILES string of the molecule is C=C(POc1ccc2ccccc2c1-c1c(OPC(C)c2ccc(Cl)cc2)ccc2ccccc12)c1ccc(OC)cc1. The maximum absolute atomic E-state index is 6.68. The molecule has 6 aromatic carbocycles. The van der Waals surface area contributed by atoms with Crippen LogP contribution in [-0.2, 0) is 0 Å². The summed E-state index contributed by atoms with van der Waals surface area (Å²) in [7, 11) is 1.92. The van der Waals surface area contributed by atoms with Gasteiger partial charge in [0.15, 0.2) is 0 Å². The van der Waals surface area contributed by atoms with Crippen molar-refractivity contribution in [2.24, 2.45) is 0 Å². The van der Waals surface area contributed by atoms with Crippen molar-refractivity contribution in [1.29, 1.82) is 0 Å². The van der Waals surface area contributed by atoms with Crippen molar-refractivity contribution >= 4 is 56.1 Å². The average molecular weight is 621 g/mol. The molecule has 0 saturated carbocycles. The number of methoxy groups -OCH3 is 1. The van der Waals surface area contributed by atoms with Crippen LogP contribution < -0.4 is 13.8 Å². The summed E-state index contributed by atoms with van der Waals surface area (Å²) in [6, 6.07) is 41.2. The molecule has 3 unspecified atom stereocenters. The normalized spacial score (nSPS) is 12.3. The van der Waals surface area contributed by atoms with Crippen molar-refractivity contribution in [2.75, 3.05) is 7.11 Å². The van der Waals surface area contributed by atoms with E-state index in [-0.39, 0.29) is 23.3 Å². The van der Waals surface area contributed by atoms with Crippen molar-refractivity contribution in [3.8, 4) is 28.4 Å². The van der Waals surface area contributed by atoms with Gasteiger partial charge in [-0.25, -0.2) is 0 Å². The molecule has 0 aliphatic rings. The van der Waals surface area contributed by atoms with Gasteiger partial charge in [-0.15, -0.1) is 0 Å². The molecule has 0 amide bonds. The van der Waals surface area contributed by atoms with Crippen LogP contribution in [0, 0.1) is 0 Å². The highest BCUT2D eigenvalue weighted by Crippen LogP contribution is 2.50. The van der Waals surface area contributed by atoms with E-state index in [0.717, 1.165) is 65.8 Å². The maximum Gasteiger partial charge on any atom is 0.132 e. The second kappa shape index (κ2) is 13.2. The fourth-order valence-electron chi connectivity index (χ4n) is 5.13. The minimum atomic E-state index is 0.0363. The Hall–Kier alpha value is -3.87. The molecule has 0 spiro atoms. The molecule has 0 bridgehead atoms. The van der Waals surface area contributed by atoms with Crippen molar-refractivity contribution in [3.05, 3.63) is 144 Å². The van der Waals surface area contributed by atoms with Crippen LogP contribution in [0.15, 0.2) is 128 Å². The lowest BCUT2D eigenvalue weighted by atomic mass is 9.92. The largest absolute Gasteiger partial charge is 0.497 e. The number of fused-ring (bicyclic) bond motifs is 2. The third-order valence-electron chi connectivity index (χ3n) is 7.47. The zero-order chi connectivity index (χ0) is 29.8. The van der Waals surface area contributed by atoms with Gasteiger partial charge in [0.05, 0.1) is 15.9 Å². The molecule has 0 radical (unpaired) electrons. The lowest BCUT2D eigenvalue weighted by molar-refractivity contribution is 0.415. The van der Waals surface area contributed by atoms with Crippen LogP contribution in [0.2, 0.25) is 5.02 Å². The van der Waals surface area contributed by atoms with Gasteiger partial charge in [0, 0.05) is 27.1 Å². The minimum Gasteiger partial charge on any atom is -0.497 e. The van der Waals surface area contributed by atoms with Gasteiger partial charge in [0.2, 0.25) is 0 Å². The smallest absolute Gasteiger partial charge is 0.132 e. The Bertz CT molecular complexity index is 1900. The van der Waals surface area contributed by atoms with Crippen LogP contribution in [0.1, 0.15) is 23.7 Å². The zero-order valence-corrected chi connectivity index (χ0v) is 26.7. The molecule has 0 aliphatic heterocycles. The van der Waals surface area contributed by atoms with Gasteiger partial charge in [-0.3, -0.25) is 0 Å². The number of ether oxygens (including phenoxy) is 1. The molecule has 0 N–H and O–H groups in total. The standard InChI is InChI=1S/C37H31ClO3P2/c1-24(26-12-18-30(38)19-13-26)42-40-34-22-16-28-8-4-6-10-32(28)36(34)37-33-11-7-5-9-29(33)17-23-35(37)41-43-25(2)27-14-20-31(39-3)21-15-27/h4-24,42-43H,2H2,1,3H3. The minimum absolute atomic E-state index is 0.0363. The number of benzene rings is 6. The number of hydrogen-bond acceptors (Lipinski definition) is 3. The molecule has 6 aromatic rings. The van der Waals surface area contributed by atoms with E-state index in [1.54, 1.807) is 7.11 Å². The van der Waals surface area contributed by atoms with Crippen molar-refractivity contribution in [3.63, 3.8) is 0 Å². The quantitative estimate of drug-likeness (QED) is 0.143. The summed E-state index contributed by atoms with van der Waals surface area (Å²) in [4.78, 5) is 0. The van der Waals surface area contributed by atoms with Crippen LogP contribution in [0.25, 0.3) is 38.0 Å². The second-order valence-electron chi connectivity index (χ2n) is 10.2. The van der Waals surface area contributed by atoms with Gasteiger partial charge in [-0.2, -0.15) is 0 Å². The van der Waals surface area contributed by atoms with Gasteiger partial charge < -0.3 is 13.8 Å². The van der Waals surface area contributed by atoms with Crippen molar-refractivity contribution in [2.45, 2.75) is 12.6 Å². The zero-order valence-electron chi connectivity index (χ0n) is 23.9. The highest BCUT2D eigenvalue weighted by Gasteiger charge is 2.20. The molecular formula is C37H31ClO3P2. The highest BCUT2D eigenvalue weighted by atomic mass is 35.5. The first kappa shape index (κ1) is 29.2. The van der Waals surface area contributed by atoms with Gasteiger partial charge in [-0.1, -0.05) is 110 Å². The van der Waals surface area contributed by atoms with Crippen LogP contribution in [0.5, 0.6) is 17.2 Å². The molecule has 0 aliphatic carbocycles. The second-order valence-corrected chi connectivity index (χ2v) is 13.0. The van der Waals surface area contributed by atoms with Crippen molar-refractivity contribution < 1.29 is 13.8 Å². The Labute approximate surface area is 261 Å². The molecule has 0 aromatic heterocycles. The van der Waals surface area contributed by atoms with E-state index in [1.165, 1.54) is 5.56 Å². The number of halogens is 1. The molecule has 43 heavy (non-hydrogen) atoms. The summed E-state index contributed by atoms with van der Waals surface area (Å²) in [5.41, 5.74) is 4.46.